The van der Waals surface area contributed by atoms with Gasteiger partial charge < -0.3 is 5.73 Å². The summed E-state index contributed by atoms with van der Waals surface area (Å²) in [5.41, 5.74) is 6.14. The van der Waals surface area contributed by atoms with Crippen LogP contribution < -0.4 is 5.73 Å². The fourth-order valence-electron chi connectivity index (χ4n) is 2.18. The lowest BCUT2D eigenvalue weighted by atomic mass is 9.98. The highest BCUT2D eigenvalue weighted by Gasteiger charge is 2.38. The van der Waals surface area contributed by atoms with E-state index >= 15 is 0 Å². The molecule has 0 aromatic heterocycles. The third-order valence-corrected chi connectivity index (χ3v) is 3.42. The van der Waals surface area contributed by atoms with Crippen LogP contribution in [0.4, 0.5) is 4.39 Å². The Balaban J connectivity index is 1.67. The number of nitrogens with two attached hydrogens (primary N) is 1. The molecule has 2 saturated carbocycles. The zero-order valence-corrected chi connectivity index (χ0v) is 7.56. The molecular weight excluding hydrogens is 153 g/mol. The van der Waals surface area contributed by atoms with Crippen LogP contribution in [-0.2, 0) is 0 Å². The molecule has 2 N–H and O–H groups in total. The average Bonchev–Trinajstić information content (AvgIpc) is 2.60. The number of alkyl halides is 1. The van der Waals surface area contributed by atoms with Gasteiger partial charge in [-0.05, 0) is 50.9 Å². The van der Waals surface area contributed by atoms with Gasteiger partial charge in [0.2, 0.25) is 0 Å². The molecule has 0 aromatic rings. The Labute approximate surface area is 73.5 Å². The van der Waals surface area contributed by atoms with Crippen molar-refractivity contribution in [2.75, 3.05) is 0 Å². The van der Waals surface area contributed by atoms with E-state index in [0.717, 1.165) is 32.1 Å². The van der Waals surface area contributed by atoms with E-state index in [1.807, 2.05) is 0 Å². The predicted octanol–water partition coefficient (Wildman–Crippen LogP) is 2.40. The van der Waals surface area contributed by atoms with Gasteiger partial charge in [-0.2, -0.15) is 0 Å². The summed E-state index contributed by atoms with van der Waals surface area (Å²) < 4.78 is 12.8. The van der Waals surface area contributed by atoms with Crippen LogP contribution in [0.2, 0.25) is 0 Å². The van der Waals surface area contributed by atoms with Crippen LogP contribution in [-0.4, -0.2) is 11.7 Å². The molecule has 2 atom stereocenters. The van der Waals surface area contributed by atoms with Crippen molar-refractivity contribution in [1.29, 1.82) is 0 Å². The zero-order valence-electron chi connectivity index (χ0n) is 7.56. The minimum absolute atomic E-state index is 0.175. The maximum absolute atomic E-state index is 12.8. The summed E-state index contributed by atoms with van der Waals surface area (Å²) in [6.45, 7) is 0. The lowest BCUT2D eigenvalue weighted by Crippen LogP contribution is -2.22. The van der Waals surface area contributed by atoms with Crippen molar-refractivity contribution in [3.63, 3.8) is 0 Å². The molecule has 12 heavy (non-hydrogen) atoms. The second-order valence-electron chi connectivity index (χ2n) is 4.68. The van der Waals surface area contributed by atoms with E-state index < -0.39 is 6.17 Å². The van der Waals surface area contributed by atoms with E-state index in [0.29, 0.717) is 5.92 Å². The lowest BCUT2D eigenvalue weighted by Gasteiger charge is -2.12. The maximum Gasteiger partial charge on any atom is 0.100 e. The molecule has 70 valence electrons. The largest absolute Gasteiger partial charge is 0.325 e. The zero-order chi connectivity index (χ0) is 8.60. The van der Waals surface area contributed by atoms with Crippen molar-refractivity contribution in [2.24, 2.45) is 11.7 Å². The molecule has 2 fully saturated rings. The Morgan fingerprint density at radius 3 is 2.58 bits per heavy atom. The van der Waals surface area contributed by atoms with Crippen LogP contribution in [0.1, 0.15) is 44.9 Å². The highest BCUT2D eigenvalue weighted by atomic mass is 19.1. The van der Waals surface area contributed by atoms with E-state index in [2.05, 4.69) is 0 Å². The number of rotatable bonds is 3. The summed E-state index contributed by atoms with van der Waals surface area (Å²) in [5, 5.41) is 0. The summed E-state index contributed by atoms with van der Waals surface area (Å²) in [5.74, 6) is 0.640. The van der Waals surface area contributed by atoms with Gasteiger partial charge in [0, 0.05) is 5.54 Å². The van der Waals surface area contributed by atoms with E-state index in [-0.39, 0.29) is 5.54 Å². The highest BCUT2D eigenvalue weighted by Crippen LogP contribution is 2.40. The first-order valence-corrected chi connectivity index (χ1v) is 5.11. The number of halogens is 1. The van der Waals surface area contributed by atoms with E-state index in [1.165, 1.54) is 12.8 Å². The van der Waals surface area contributed by atoms with Gasteiger partial charge >= 0.3 is 0 Å². The van der Waals surface area contributed by atoms with Crippen molar-refractivity contribution in [2.45, 2.75) is 56.7 Å². The van der Waals surface area contributed by atoms with Crippen molar-refractivity contribution in [3.8, 4) is 0 Å². The van der Waals surface area contributed by atoms with Crippen LogP contribution in [0.25, 0.3) is 0 Å². The first-order chi connectivity index (χ1) is 5.68. The number of hydrogen-bond acceptors (Lipinski definition) is 1. The molecule has 0 radical (unpaired) electrons. The summed E-state index contributed by atoms with van der Waals surface area (Å²) >= 11 is 0. The first-order valence-electron chi connectivity index (χ1n) is 5.11. The minimum atomic E-state index is -0.511. The maximum atomic E-state index is 12.8. The van der Waals surface area contributed by atoms with Gasteiger partial charge in [-0.15, -0.1) is 0 Å². The van der Waals surface area contributed by atoms with E-state index in [4.69, 9.17) is 5.73 Å². The van der Waals surface area contributed by atoms with E-state index in [9.17, 15) is 4.39 Å². The fraction of sp³-hybridized carbons (Fsp3) is 1.00. The Morgan fingerprint density at radius 1 is 1.33 bits per heavy atom. The average molecular weight is 171 g/mol. The Bertz CT molecular complexity index is 165. The van der Waals surface area contributed by atoms with Gasteiger partial charge in [-0.25, -0.2) is 4.39 Å². The quantitative estimate of drug-likeness (QED) is 0.693. The smallest absolute Gasteiger partial charge is 0.100 e. The third kappa shape index (κ3) is 1.98. The Morgan fingerprint density at radius 2 is 2.08 bits per heavy atom. The van der Waals surface area contributed by atoms with Crippen LogP contribution >= 0.6 is 0 Å². The monoisotopic (exact) mass is 171 g/mol. The van der Waals surface area contributed by atoms with Gasteiger partial charge in [0.15, 0.2) is 0 Å². The molecule has 0 heterocycles. The molecule has 2 rings (SSSR count). The topological polar surface area (TPSA) is 26.0 Å². The standard InChI is InChI=1S/C10H18FN/c11-9-2-1-8(7-9)3-4-10(12)5-6-10/h8-9H,1-7,12H2. The Kier molecular flexibility index (Phi) is 2.11. The summed E-state index contributed by atoms with van der Waals surface area (Å²) in [4.78, 5) is 0. The Hall–Kier alpha value is -0.110. The molecule has 1 nitrogen and oxygen atoms in total. The molecule has 2 aliphatic rings. The molecule has 0 bridgehead atoms. The first kappa shape index (κ1) is 8.49. The van der Waals surface area contributed by atoms with Crippen LogP contribution in [0.3, 0.4) is 0 Å². The lowest BCUT2D eigenvalue weighted by molar-refractivity contribution is 0.324. The van der Waals surface area contributed by atoms with Crippen molar-refractivity contribution < 1.29 is 4.39 Å². The van der Waals surface area contributed by atoms with Crippen LogP contribution in [0, 0.1) is 5.92 Å². The van der Waals surface area contributed by atoms with Gasteiger partial charge in [0.25, 0.3) is 0 Å². The van der Waals surface area contributed by atoms with Gasteiger partial charge in [-0.1, -0.05) is 0 Å². The molecule has 0 amide bonds. The summed E-state index contributed by atoms with van der Waals surface area (Å²) in [7, 11) is 0. The molecule has 2 heteroatoms. The normalized spacial score (nSPS) is 38.5. The second-order valence-corrected chi connectivity index (χ2v) is 4.68. The third-order valence-electron chi connectivity index (χ3n) is 3.42. The van der Waals surface area contributed by atoms with E-state index in [1.54, 1.807) is 0 Å². The predicted molar refractivity (Wildman–Crippen MR) is 47.6 cm³/mol. The minimum Gasteiger partial charge on any atom is -0.325 e. The van der Waals surface area contributed by atoms with Gasteiger partial charge in [0.1, 0.15) is 6.17 Å². The van der Waals surface area contributed by atoms with Crippen molar-refractivity contribution in [1.82, 2.24) is 0 Å². The van der Waals surface area contributed by atoms with Crippen molar-refractivity contribution >= 4 is 0 Å². The molecule has 2 unspecified atom stereocenters. The fourth-order valence-corrected chi connectivity index (χ4v) is 2.18. The molecule has 0 aliphatic heterocycles. The summed E-state index contributed by atoms with van der Waals surface area (Å²) in [6.07, 6.45) is 6.86. The molecule has 0 aromatic carbocycles. The molecule has 0 spiro atoms. The highest BCUT2D eigenvalue weighted by molar-refractivity contribution is 4.98. The molecular formula is C10H18FN. The van der Waals surface area contributed by atoms with Crippen molar-refractivity contribution in [3.05, 3.63) is 0 Å². The van der Waals surface area contributed by atoms with Gasteiger partial charge in [-0.3, -0.25) is 0 Å². The SMILES string of the molecule is NC1(CCC2CCC(F)C2)CC1. The van der Waals surface area contributed by atoms with Gasteiger partial charge in [0.05, 0.1) is 0 Å². The molecule has 0 saturated heterocycles. The molecule has 2 aliphatic carbocycles. The number of hydrogen-bond donors (Lipinski definition) is 1. The second kappa shape index (κ2) is 2.99. The van der Waals surface area contributed by atoms with Crippen LogP contribution in [0.5, 0.6) is 0 Å². The summed E-state index contributed by atoms with van der Waals surface area (Å²) in [6, 6.07) is 0. The van der Waals surface area contributed by atoms with Crippen LogP contribution in [0.15, 0.2) is 0 Å².